The number of fused-ring (bicyclic) bond motifs is 1. The van der Waals surface area contributed by atoms with Crippen LogP contribution in [0.15, 0.2) is 42.5 Å². The summed E-state index contributed by atoms with van der Waals surface area (Å²) in [5, 5.41) is 0. The Bertz CT molecular complexity index is 788. The normalized spacial score (nSPS) is 18.6. The first-order valence-electron chi connectivity index (χ1n) is 9.13. The van der Waals surface area contributed by atoms with Gasteiger partial charge < -0.3 is 0 Å². The molecule has 0 radical (unpaired) electrons. The molecular weight excluding hydrogens is 288 g/mol. The highest BCUT2D eigenvalue weighted by molar-refractivity contribution is 5.72. The van der Waals surface area contributed by atoms with Crippen molar-refractivity contribution >= 4 is 6.08 Å². The SMILES string of the molecule is CC=Cc1cccc(-c2cc3c(cc2C)C(C)(C)CCC3(C)C)c1. The Morgan fingerprint density at radius 3 is 2.12 bits per heavy atom. The molecule has 0 aromatic heterocycles. The number of rotatable bonds is 2. The second-order valence-corrected chi connectivity index (χ2v) is 8.61. The van der Waals surface area contributed by atoms with E-state index in [1.54, 1.807) is 5.56 Å². The van der Waals surface area contributed by atoms with Gasteiger partial charge in [-0.05, 0) is 77.0 Å². The van der Waals surface area contributed by atoms with Crippen LogP contribution in [0.1, 0.15) is 69.7 Å². The van der Waals surface area contributed by atoms with E-state index in [0.717, 1.165) is 0 Å². The van der Waals surface area contributed by atoms with Crippen LogP contribution >= 0.6 is 0 Å². The summed E-state index contributed by atoms with van der Waals surface area (Å²) in [6.07, 6.45) is 6.80. The van der Waals surface area contributed by atoms with E-state index in [9.17, 15) is 0 Å². The van der Waals surface area contributed by atoms with Crippen LogP contribution in [0.25, 0.3) is 17.2 Å². The maximum absolute atomic E-state index is 2.47. The molecule has 24 heavy (non-hydrogen) atoms. The summed E-state index contributed by atoms with van der Waals surface area (Å²) in [4.78, 5) is 0. The minimum absolute atomic E-state index is 0.258. The van der Waals surface area contributed by atoms with E-state index in [4.69, 9.17) is 0 Å². The lowest BCUT2D eigenvalue weighted by atomic mass is 9.62. The van der Waals surface area contributed by atoms with E-state index in [-0.39, 0.29) is 10.8 Å². The van der Waals surface area contributed by atoms with Gasteiger partial charge in [-0.2, -0.15) is 0 Å². The molecule has 0 saturated carbocycles. The number of benzene rings is 2. The molecule has 0 aliphatic heterocycles. The Kier molecular flexibility index (Phi) is 4.20. The number of allylic oxidation sites excluding steroid dienone is 1. The van der Waals surface area contributed by atoms with Gasteiger partial charge >= 0.3 is 0 Å². The van der Waals surface area contributed by atoms with Crippen LogP contribution in [-0.4, -0.2) is 0 Å². The average molecular weight is 319 g/mol. The quantitative estimate of drug-likeness (QED) is 0.557. The van der Waals surface area contributed by atoms with Crippen molar-refractivity contribution in [3.63, 3.8) is 0 Å². The number of hydrogen-bond donors (Lipinski definition) is 0. The molecule has 0 unspecified atom stereocenters. The third kappa shape index (κ3) is 2.95. The lowest BCUT2D eigenvalue weighted by molar-refractivity contribution is 0.332. The molecule has 0 nitrogen and oxygen atoms in total. The zero-order chi connectivity index (χ0) is 17.5. The lowest BCUT2D eigenvalue weighted by Crippen LogP contribution is -2.34. The summed E-state index contributed by atoms with van der Waals surface area (Å²) in [7, 11) is 0. The van der Waals surface area contributed by atoms with E-state index in [1.807, 2.05) is 0 Å². The molecule has 0 amide bonds. The molecule has 1 aliphatic carbocycles. The lowest BCUT2D eigenvalue weighted by Gasteiger charge is -2.42. The third-order valence-electron chi connectivity index (χ3n) is 5.75. The summed E-state index contributed by atoms with van der Waals surface area (Å²) in [6, 6.07) is 13.8. The third-order valence-corrected chi connectivity index (χ3v) is 5.75. The molecule has 2 aromatic rings. The van der Waals surface area contributed by atoms with E-state index in [2.05, 4.69) is 90.1 Å². The molecule has 0 saturated heterocycles. The van der Waals surface area contributed by atoms with Gasteiger partial charge in [0.2, 0.25) is 0 Å². The predicted octanol–water partition coefficient (Wildman–Crippen LogP) is 7.04. The fourth-order valence-electron chi connectivity index (χ4n) is 4.04. The van der Waals surface area contributed by atoms with Crippen molar-refractivity contribution in [1.82, 2.24) is 0 Å². The van der Waals surface area contributed by atoms with Crippen LogP contribution in [0.4, 0.5) is 0 Å². The summed E-state index contributed by atoms with van der Waals surface area (Å²) >= 11 is 0. The topological polar surface area (TPSA) is 0 Å². The van der Waals surface area contributed by atoms with Crippen molar-refractivity contribution in [2.24, 2.45) is 0 Å². The Morgan fingerprint density at radius 1 is 0.875 bits per heavy atom. The van der Waals surface area contributed by atoms with E-state index in [1.165, 1.54) is 40.7 Å². The van der Waals surface area contributed by atoms with Gasteiger partial charge in [-0.1, -0.05) is 70.2 Å². The van der Waals surface area contributed by atoms with Crippen LogP contribution in [0.3, 0.4) is 0 Å². The van der Waals surface area contributed by atoms with Gasteiger partial charge in [0.15, 0.2) is 0 Å². The molecule has 1 aliphatic rings. The maximum atomic E-state index is 2.47. The molecule has 0 spiro atoms. The van der Waals surface area contributed by atoms with Crippen molar-refractivity contribution in [1.29, 1.82) is 0 Å². The minimum atomic E-state index is 0.258. The van der Waals surface area contributed by atoms with Crippen molar-refractivity contribution in [2.75, 3.05) is 0 Å². The first-order chi connectivity index (χ1) is 11.2. The smallest absolute Gasteiger partial charge is 0.0100 e. The van der Waals surface area contributed by atoms with E-state index < -0.39 is 0 Å². The molecule has 2 aromatic carbocycles. The monoisotopic (exact) mass is 318 g/mol. The summed E-state index contributed by atoms with van der Waals surface area (Å²) in [5.74, 6) is 0. The van der Waals surface area contributed by atoms with Crippen LogP contribution in [0.5, 0.6) is 0 Å². The van der Waals surface area contributed by atoms with Gasteiger partial charge in [0.1, 0.15) is 0 Å². The highest BCUT2D eigenvalue weighted by Gasteiger charge is 2.37. The van der Waals surface area contributed by atoms with Crippen molar-refractivity contribution in [3.05, 3.63) is 64.7 Å². The Hall–Kier alpha value is -1.82. The summed E-state index contributed by atoms with van der Waals surface area (Å²) in [6.45, 7) is 13.9. The molecule has 0 heterocycles. The second-order valence-electron chi connectivity index (χ2n) is 8.61. The summed E-state index contributed by atoms with van der Waals surface area (Å²) in [5.41, 5.74) is 8.98. The molecular formula is C24H30. The predicted molar refractivity (Wildman–Crippen MR) is 107 cm³/mol. The molecule has 0 bridgehead atoms. The van der Waals surface area contributed by atoms with Gasteiger partial charge in [0.25, 0.3) is 0 Å². The van der Waals surface area contributed by atoms with Gasteiger partial charge in [0.05, 0.1) is 0 Å². The molecule has 0 atom stereocenters. The Balaban J connectivity index is 2.20. The fraction of sp³-hybridized carbons (Fsp3) is 0.417. The second kappa shape index (κ2) is 5.92. The first kappa shape index (κ1) is 17.0. The number of aryl methyl sites for hydroxylation is 1. The standard InChI is InChI=1S/C24H30/c1-7-9-18-10-8-11-19(15-18)20-16-22-21(14-17(20)2)23(3,4)12-13-24(22,5)6/h7-11,14-16H,12-13H2,1-6H3. The zero-order valence-corrected chi connectivity index (χ0v) is 16.0. The fourth-order valence-corrected chi connectivity index (χ4v) is 4.04. The molecule has 0 heteroatoms. The van der Waals surface area contributed by atoms with Gasteiger partial charge in [-0.3, -0.25) is 0 Å². The first-order valence-corrected chi connectivity index (χ1v) is 9.13. The largest absolute Gasteiger partial charge is 0.0871 e. The van der Waals surface area contributed by atoms with E-state index >= 15 is 0 Å². The van der Waals surface area contributed by atoms with E-state index in [0.29, 0.717) is 0 Å². The minimum Gasteiger partial charge on any atom is -0.0871 e. The van der Waals surface area contributed by atoms with Crippen LogP contribution in [0, 0.1) is 6.92 Å². The molecule has 3 rings (SSSR count). The summed E-state index contributed by atoms with van der Waals surface area (Å²) < 4.78 is 0. The Morgan fingerprint density at radius 2 is 1.50 bits per heavy atom. The van der Waals surface area contributed by atoms with Crippen molar-refractivity contribution < 1.29 is 0 Å². The van der Waals surface area contributed by atoms with Gasteiger partial charge in [-0.25, -0.2) is 0 Å². The van der Waals surface area contributed by atoms with Crippen molar-refractivity contribution in [2.45, 2.75) is 65.2 Å². The molecule has 0 fully saturated rings. The number of hydrogen-bond acceptors (Lipinski definition) is 0. The maximum Gasteiger partial charge on any atom is -0.0100 e. The van der Waals surface area contributed by atoms with Crippen molar-refractivity contribution in [3.8, 4) is 11.1 Å². The van der Waals surface area contributed by atoms with Crippen LogP contribution in [0.2, 0.25) is 0 Å². The van der Waals surface area contributed by atoms with Gasteiger partial charge in [-0.15, -0.1) is 0 Å². The highest BCUT2D eigenvalue weighted by atomic mass is 14.4. The highest BCUT2D eigenvalue weighted by Crippen LogP contribution is 2.47. The molecule has 0 N–H and O–H groups in total. The molecule has 126 valence electrons. The zero-order valence-electron chi connectivity index (χ0n) is 16.0. The Labute approximate surface area is 147 Å². The van der Waals surface area contributed by atoms with Crippen LogP contribution < -0.4 is 0 Å². The van der Waals surface area contributed by atoms with Crippen LogP contribution in [-0.2, 0) is 10.8 Å². The average Bonchev–Trinajstić information content (AvgIpc) is 2.52. The van der Waals surface area contributed by atoms with Gasteiger partial charge in [0, 0.05) is 0 Å².